The van der Waals surface area contributed by atoms with Gasteiger partial charge in [0, 0.05) is 12.8 Å². The van der Waals surface area contributed by atoms with Crippen LogP contribution in [0, 0.1) is 0 Å². The first kappa shape index (κ1) is 11.4. The molecule has 0 saturated heterocycles. The van der Waals surface area contributed by atoms with Crippen LogP contribution in [0.2, 0.25) is 0 Å². The normalized spacial score (nSPS) is 10.6. The lowest BCUT2D eigenvalue weighted by Gasteiger charge is -2.13. The molecule has 78 valence electrons. The minimum Gasteiger partial charge on any atom is -0.372 e. The van der Waals surface area contributed by atoms with Gasteiger partial charge in [0.25, 0.3) is 0 Å². The van der Waals surface area contributed by atoms with Crippen molar-refractivity contribution in [2.75, 3.05) is 17.8 Å². The van der Waals surface area contributed by atoms with Crippen molar-refractivity contribution in [1.29, 1.82) is 0 Å². The Labute approximate surface area is 90.2 Å². The smallest absolute Gasteiger partial charge is 0.111 e. The summed E-state index contributed by atoms with van der Waals surface area (Å²) in [6, 6.07) is 8.36. The van der Waals surface area contributed by atoms with Crippen molar-refractivity contribution in [3.8, 4) is 0 Å². The summed E-state index contributed by atoms with van der Waals surface area (Å²) in [6.07, 6.45) is 0. The second kappa shape index (κ2) is 5.94. The van der Waals surface area contributed by atoms with Crippen molar-refractivity contribution in [2.24, 2.45) is 0 Å². The predicted octanol–water partition coefficient (Wildman–Crippen LogP) is 3.47. The van der Waals surface area contributed by atoms with E-state index in [9.17, 15) is 0 Å². The van der Waals surface area contributed by atoms with E-state index in [2.05, 4.69) is 36.8 Å². The SMILES string of the molecule is COCSNc1ccccc1C(C)C. The lowest BCUT2D eigenvalue weighted by atomic mass is 10.0. The van der Waals surface area contributed by atoms with Gasteiger partial charge in [0.2, 0.25) is 0 Å². The number of anilines is 1. The van der Waals surface area contributed by atoms with E-state index in [0.717, 1.165) is 0 Å². The van der Waals surface area contributed by atoms with Crippen molar-refractivity contribution >= 4 is 17.6 Å². The molecule has 0 saturated carbocycles. The van der Waals surface area contributed by atoms with E-state index >= 15 is 0 Å². The highest BCUT2D eigenvalue weighted by atomic mass is 32.2. The molecule has 1 rings (SSSR count). The van der Waals surface area contributed by atoms with Gasteiger partial charge in [-0.2, -0.15) is 0 Å². The van der Waals surface area contributed by atoms with Gasteiger partial charge in [-0.3, -0.25) is 0 Å². The number of hydrogen-bond donors (Lipinski definition) is 1. The molecular weight excluding hydrogens is 194 g/mol. The Balaban J connectivity index is 2.64. The molecule has 0 spiro atoms. The number of rotatable bonds is 5. The topological polar surface area (TPSA) is 21.3 Å². The number of hydrogen-bond acceptors (Lipinski definition) is 3. The molecule has 1 aromatic carbocycles. The zero-order valence-corrected chi connectivity index (χ0v) is 9.73. The third-order valence-electron chi connectivity index (χ3n) is 1.94. The van der Waals surface area contributed by atoms with Gasteiger partial charge in [-0.05, 0) is 29.5 Å². The standard InChI is InChI=1S/C11H17NOS/c1-9(2)10-6-4-5-7-11(10)12-14-8-13-3/h4-7,9,12H,8H2,1-3H3. The molecule has 0 heterocycles. The minimum absolute atomic E-state index is 0.543. The van der Waals surface area contributed by atoms with Gasteiger partial charge in [-0.15, -0.1) is 0 Å². The van der Waals surface area contributed by atoms with Crippen LogP contribution in [-0.4, -0.2) is 13.0 Å². The second-order valence-corrected chi connectivity index (χ2v) is 4.12. The van der Waals surface area contributed by atoms with E-state index in [1.54, 1.807) is 19.1 Å². The van der Waals surface area contributed by atoms with Gasteiger partial charge in [0.1, 0.15) is 5.94 Å². The highest BCUT2D eigenvalue weighted by molar-refractivity contribution is 8.00. The molecule has 3 heteroatoms. The molecule has 0 aliphatic carbocycles. The molecular formula is C11H17NOS. The number of ether oxygens (including phenoxy) is 1. The zero-order valence-electron chi connectivity index (χ0n) is 8.91. The number of para-hydroxylation sites is 1. The van der Waals surface area contributed by atoms with Crippen LogP contribution in [0.5, 0.6) is 0 Å². The molecule has 0 radical (unpaired) electrons. The Kier molecular flexibility index (Phi) is 4.84. The summed E-state index contributed by atoms with van der Waals surface area (Å²) in [5.74, 6) is 1.20. The van der Waals surface area contributed by atoms with Crippen LogP contribution in [0.25, 0.3) is 0 Å². The largest absolute Gasteiger partial charge is 0.372 e. The Morgan fingerprint density at radius 1 is 1.36 bits per heavy atom. The molecule has 0 amide bonds. The van der Waals surface area contributed by atoms with Gasteiger partial charge in [0.15, 0.2) is 0 Å². The minimum atomic E-state index is 0.543. The Morgan fingerprint density at radius 3 is 2.71 bits per heavy atom. The summed E-state index contributed by atoms with van der Waals surface area (Å²) < 4.78 is 8.25. The first-order valence-corrected chi connectivity index (χ1v) is 5.70. The van der Waals surface area contributed by atoms with Crippen molar-refractivity contribution in [3.63, 3.8) is 0 Å². The molecule has 0 aromatic heterocycles. The number of methoxy groups -OCH3 is 1. The van der Waals surface area contributed by atoms with Gasteiger partial charge < -0.3 is 9.46 Å². The molecule has 0 atom stereocenters. The molecule has 0 unspecified atom stereocenters. The summed E-state index contributed by atoms with van der Waals surface area (Å²) >= 11 is 1.57. The maximum Gasteiger partial charge on any atom is 0.111 e. The predicted molar refractivity (Wildman–Crippen MR) is 63.6 cm³/mol. The first-order valence-electron chi connectivity index (χ1n) is 4.71. The molecule has 14 heavy (non-hydrogen) atoms. The molecule has 1 N–H and O–H groups in total. The quantitative estimate of drug-likeness (QED) is 0.458. The van der Waals surface area contributed by atoms with Crippen LogP contribution >= 0.6 is 11.9 Å². The van der Waals surface area contributed by atoms with Gasteiger partial charge in [0.05, 0.1) is 0 Å². The Hall–Kier alpha value is -0.670. The van der Waals surface area contributed by atoms with Crippen LogP contribution in [0.4, 0.5) is 5.69 Å². The van der Waals surface area contributed by atoms with E-state index in [0.29, 0.717) is 11.9 Å². The van der Waals surface area contributed by atoms with E-state index in [1.807, 2.05) is 6.07 Å². The maximum atomic E-state index is 4.96. The van der Waals surface area contributed by atoms with Crippen molar-refractivity contribution in [1.82, 2.24) is 0 Å². The molecule has 1 aromatic rings. The van der Waals surface area contributed by atoms with Gasteiger partial charge >= 0.3 is 0 Å². The summed E-state index contributed by atoms with van der Waals surface area (Å²) in [7, 11) is 1.70. The van der Waals surface area contributed by atoms with Crippen LogP contribution in [0.3, 0.4) is 0 Å². The average Bonchev–Trinajstić information content (AvgIpc) is 2.19. The van der Waals surface area contributed by atoms with E-state index in [4.69, 9.17) is 4.74 Å². The van der Waals surface area contributed by atoms with Crippen LogP contribution < -0.4 is 4.72 Å². The monoisotopic (exact) mass is 211 g/mol. The molecule has 0 aliphatic heterocycles. The number of benzene rings is 1. The number of nitrogens with one attached hydrogen (secondary N) is 1. The first-order chi connectivity index (χ1) is 6.75. The zero-order chi connectivity index (χ0) is 10.4. The third kappa shape index (κ3) is 3.24. The van der Waals surface area contributed by atoms with E-state index in [1.165, 1.54) is 11.3 Å². The Bertz CT molecular complexity index is 276. The highest BCUT2D eigenvalue weighted by Gasteiger charge is 2.04. The fourth-order valence-corrected chi connectivity index (χ4v) is 1.78. The summed E-state index contributed by atoms with van der Waals surface area (Å²) in [5.41, 5.74) is 2.53. The van der Waals surface area contributed by atoms with E-state index < -0.39 is 0 Å². The van der Waals surface area contributed by atoms with E-state index in [-0.39, 0.29) is 0 Å². The van der Waals surface area contributed by atoms with Crippen LogP contribution in [0.15, 0.2) is 24.3 Å². The fourth-order valence-electron chi connectivity index (χ4n) is 1.26. The fraction of sp³-hybridized carbons (Fsp3) is 0.455. The lowest BCUT2D eigenvalue weighted by Crippen LogP contribution is -1.97. The molecule has 2 nitrogen and oxygen atoms in total. The van der Waals surface area contributed by atoms with Gasteiger partial charge in [-0.1, -0.05) is 32.0 Å². The molecule has 0 fully saturated rings. The molecule has 0 bridgehead atoms. The molecule has 0 aliphatic rings. The van der Waals surface area contributed by atoms with Crippen molar-refractivity contribution in [3.05, 3.63) is 29.8 Å². The summed E-state index contributed by atoms with van der Waals surface area (Å²) in [5, 5.41) is 0. The lowest BCUT2D eigenvalue weighted by molar-refractivity contribution is 0.259. The van der Waals surface area contributed by atoms with Crippen molar-refractivity contribution < 1.29 is 4.74 Å². The maximum absolute atomic E-state index is 4.96. The summed E-state index contributed by atoms with van der Waals surface area (Å²) in [6.45, 7) is 4.39. The Morgan fingerprint density at radius 2 is 2.07 bits per heavy atom. The summed E-state index contributed by atoms with van der Waals surface area (Å²) in [4.78, 5) is 0. The highest BCUT2D eigenvalue weighted by Crippen LogP contribution is 2.25. The average molecular weight is 211 g/mol. The third-order valence-corrected chi connectivity index (χ3v) is 2.66. The van der Waals surface area contributed by atoms with Crippen molar-refractivity contribution in [2.45, 2.75) is 19.8 Å². The van der Waals surface area contributed by atoms with Crippen LogP contribution in [0.1, 0.15) is 25.3 Å². The van der Waals surface area contributed by atoms with Gasteiger partial charge in [-0.25, -0.2) is 0 Å². The second-order valence-electron chi connectivity index (χ2n) is 3.39. The van der Waals surface area contributed by atoms with Crippen LogP contribution in [-0.2, 0) is 4.74 Å².